The summed E-state index contributed by atoms with van der Waals surface area (Å²) in [6.07, 6.45) is 1.46. The van der Waals surface area contributed by atoms with Gasteiger partial charge in [-0.05, 0) is 16.7 Å². The molecule has 2 heterocycles. The predicted octanol–water partition coefficient (Wildman–Crippen LogP) is 4.37. The number of nitrogens with one attached hydrogen (secondary N) is 2. The van der Waals surface area contributed by atoms with E-state index in [2.05, 4.69) is 9.82 Å². The summed E-state index contributed by atoms with van der Waals surface area (Å²) in [5.74, 6) is 0.345. The highest BCUT2D eigenvalue weighted by Gasteiger charge is 2.41. The number of hydrogen-bond donors (Lipinski definition) is 2. The Bertz CT molecular complexity index is 1260. The lowest BCUT2D eigenvalue weighted by atomic mass is 9.78. The molecule has 0 saturated carbocycles. The van der Waals surface area contributed by atoms with Crippen molar-refractivity contribution in [1.29, 1.82) is 4.78 Å². The van der Waals surface area contributed by atoms with E-state index in [1.165, 1.54) is 6.20 Å². The minimum atomic E-state index is -3.58. The summed E-state index contributed by atoms with van der Waals surface area (Å²) in [5.41, 5.74) is 1.56. The summed E-state index contributed by atoms with van der Waals surface area (Å²) in [6.45, 7) is 0.781. The highest BCUT2D eigenvalue weighted by atomic mass is 32.2. The first-order valence-electron chi connectivity index (χ1n) is 11.0. The molecule has 0 amide bonds. The summed E-state index contributed by atoms with van der Waals surface area (Å²) in [5, 5.41) is 4.38. The van der Waals surface area contributed by atoms with Crippen molar-refractivity contribution in [1.82, 2.24) is 14.5 Å². The Labute approximate surface area is 199 Å². The van der Waals surface area contributed by atoms with Crippen LogP contribution in [0.25, 0.3) is 0 Å². The van der Waals surface area contributed by atoms with Gasteiger partial charge in [0.25, 0.3) is 0 Å². The van der Waals surface area contributed by atoms with E-state index >= 15 is 0 Å². The van der Waals surface area contributed by atoms with Gasteiger partial charge in [-0.3, -0.25) is 0 Å². The van der Waals surface area contributed by atoms with Crippen molar-refractivity contribution in [3.8, 4) is 5.88 Å². The number of methoxy groups -OCH3 is 1. The van der Waals surface area contributed by atoms with Crippen molar-refractivity contribution in [2.45, 2.75) is 16.5 Å². The third-order valence-corrected chi connectivity index (χ3v) is 7.56. The number of fused-ring (bicyclic) bond motifs is 1. The van der Waals surface area contributed by atoms with Gasteiger partial charge in [0.2, 0.25) is 5.88 Å². The van der Waals surface area contributed by atoms with Crippen molar-refractivity contribution >= 4 is 9.92 Å². The lowest BCUT2D eigenvalue weighted by Gasteiger charge is -2.37. The molecule has 0 saturated heterocycles. The van der Waals surface area contributed by atoms with E-state index in [9.17, 15) is 4.21 Å². The van der Waals surface area contributed by atoms with E-state index < -0.39 is 15.5 Å². The molecule has 1 aliphatic heterocycles. The van der Waals surface area contributed by atoms with Crippen molar-refractivity contribution in [3.63, 3.8) is 0 Å². The van der Waals surface area contributed by atoms with Crippen LogP contribution in [-0.2, 0) is 20.2 Å². The zero-order valence-electron chi connectivity index (χ0n) is 18.8. The predicted molar refractivity (Wildman–Crippen MR) is 130 cm³/mol. The number of aromatic nitrogens is 2. The van der Waals surface area contributed by atoms with Crippen LogP contribution in [0.1, 0.15) is 22.7 Å². The molecule has 5 rings (SSSR count). The average molecular weight is 475 g/mol. The number of hydrogen-bond acceptors (Lipinski definition) is 5. The van der Waals surface area contributed by atoms with Gasteiger partial charge in [-0.15, -0.1) is 0 Å². The average Bonchev–Trinajstić information content (AvgIpc) is 3.48. The van der Waals surface area contributed by atoms with Gasteiger partial charge in [-0.25, -0.2) is 18.4 Å². The second-order valence-electron chi connectivity index (χ2n) is 8.19. The molecule has 0 bridgehead atoms. The summed E-state index contributed by atoms with van der Waals surface area (Å²) >= 11 is 0. The second-order valence-corrected chi connectivity index (χ2v) is 9.94. The largest absolute Gasteiger partial charge is 0.475 e. The minimum absolute atomic E-state index is 0.119. The molecule has 3 aromatic carbocycles. The standard InChI is InChI=1S/C26H26N4O3S/c1-32-18-23-19-33-25-24(17-28-30(23)25)34(27,31)29-26(20-11-5-2-6-12-20,21-13-7-3-8-14-21)22-15-9-4-10-16-22/h2-17,23H,18-19H2,1H3,(H2,27,29,31). The minimum Gasteiger partial charge on any atom is -0.475 e. The molecule has 0 fully saturated rings. The van der Waals surface area contributed by atoms with Crippen LogP contribution in [0.4, 0.5) is 0 Å². The smallest absolute Gasteiger partial charge is 0.231 e. The lowest BCUT2D eigenvalue weighted by Crippen LogP contribution is -2.47. The van der Waals surface area contributed by atoms with Crippen LogP contribution in [0.3, 0.4) is 0 Å². The topological polar surface area (TPSA) is 89.2 Å². The van der Waals surface area contributed by atoms with Gasteiger partial charge in [0.05, 0.1) is 12.8 Å². The molecular weight excluding hydrogens is 448 g/mol. The van der Waals surface area contributed by atoms with E-state index in [-0.39, 0.29) is 10.9 Å². The highest BCUT2D eigenvalue weighted by molar-refractivity contribution is 7.90. The van der Waals surface area contributed by atoms with E-state index in [1.807, 2.05) is 91.0 Å². The van der Waals surface area contributed by atoms with E-state index in [0.717, 1.165) is 16.7 Å². The summed E-state index contributed by atoms with van der Waals surface area (Å²) in [6, 6.07) is 29.3. The molecule has 2 atom stereocenters. The maximum absolute atomic E-state index is 14.2. The molecule has 174 valence electrons. The highest BCUT2D eigenvalue weighted by Crippen LogP contribution is 2.40. The first-order chi connectivity index (χ1) is 16.6. The van der Waals surface area contributed by atoms with Crippen molar-refractivity contribution < 1.29 is 13.7 Å². The SMILES string of the molecule is COCC1COc2c(S(=N)(=O)NC(c3ccccc3)(c3ccccc3)c3ccccc3)cnn21. The maximum Gasteiger partial charge on any atom is 0.231 e. The van der Waals surface area contributed by atoms with Crippen molar-refractivity contribution in [3.05, 3.63) is 114 Å². The fourth-order valence-corrected chi connectivity index (χ4v) is 5.99. The molecule has 34 heavy (non-hydrogen) atoms. The first kappa shape index (κ1) is 22.3. The molecular formula is C26H26N4O3S. The molecule has 1 aliphatic rings. The Morgan fingerprint density at radius 3 is 1.97 bits per heavy atom. The van der Waals surface area contributed by atoms with Crippen LogP contribution < -0.4 is 9.46 Å². The summed E-state index contributed by atoms with van der Waals surface area (Å²) < 4.78 is 39.3. The fraction of sp³-hybridized carbons (Fsp3) is 0.192. The maximum atomic E-state index is 14.2. The Balaban J connectivity index is 1.69. The van der Waals surface area contributed by atoms with Crippen LogP contribution >= 0.6 is 0 Å². The Morgan fingerprint density at radius 2 is 1.50 bits per heavy atom. The van der Waals surface area contributed by atoms with Crippen LogP contribution in [0.2, 0.25) is 0 Å². The molecule has 0 aliphatic carbocycles. The first-order valence-corrected chi connectivity index (χ1v) is 12.6. The number of benzene rings is 3. The Kier molecular flexibility index (Phi) is 5.95. The monoisotopic (exact) mass is 474 g/mol. The van der Waals surface area contributed by atoms with Gasteiger partial charge in [-0.1, -0.05) is 91.0 Å². The van der Waals surface area contributed by atoms with Crippen LogP contribution in [-0.4, -0.2) is 34.3 Å². The Morgan fingerprint density at radius 1 is 1.00 bits per heavy atom. The molecule has 2 unspecified atom stereocenters. The van der Waals surface area contributed by atoms with Crippen LogP contribution in [0.5, 0.6) is 5.88 Å². The van der Waals surface area contributed by atoms with Crippen molar-refractivity contribution in [2.24, 2.45) is 0 Å². The summed E-state index contributed by atoms with van der Waals surface area (Å²) in [7, 11) is -1.97. The third-order valence-electron chi connectivity index (χ3n) is 6.06. The molecule has 1 aromatic heterocycles. The molecule has 8 heteroatoms. The molecule has 7 nitrogen and oxygen atoms in total. The van der Waals surface area contributed by atoms with E-state index in [1.54, 1.807) is 11.8 Å². The lowest BCUT2D eigenvalue weighted by molar-refractivity contribution is 0.145. The van der Waals surface area contributed by atoms with Gasteiger partial charge in [0.1, 0.15) is 33.0 Å². The van der Waals surface area contributed by atoms with Gasteiger partial charge in [0.15, 0.2) is 0 Å². The van der Waals surface area contributed by atoms with Gasteiger partial charge < -0.3 is 9.47 Å². The molecule has 0 radical (unpaired) electrons. The quantitative estimate of drug-likeness (QED) is 0.371. The van der Waals surface area contributed by atoms with Crippen LogP contribution in [0.15, 0.2) is 102 Å². The van der Waals surface area contributed by atoms with Crippen LogP contribution in [0, 0.1) is 4.78 Å². The van der Waals surface area contributed by atoms with Gasteiger partial charge >= 0.3 is 0 Å². The normalized spacial score (nSPS) is 17.0. The number of ether oxygens (including phenoxy) is 2. The van der Waals surface area contributed by atoms with E-state index in [0.29, 0.717) is 19.1 Å². The zero-order valence-corrected chi connectivity index (χ0v) is 19.6. The number of rotatable bonds is 8. The molecule has 4 aromatic rings. The molecule has 2 N–H and O–H groups in total. The van der Waals surface area contributed by atoms with E-state index in [4.69, 9.17) is 14.3 Å². The fourth-order valence-electron chi connectivity index (χ4n) is 4.50. The van der Waals surface area contributed by atoms with Gasteiger partial charge in [-0.2, -0.15) is 5.10 Å². The van der Waals surface area contributed by atoms with Gasteiger partial charge in [0, 0.05) is 7.11 Å². The van der Waals surface area contributed by atoms with Crippen molar-refractivity contribution in [2.75, 3.05) is 20.3 Å². The Hall–Kier alpha value is -3.46. The third kappa shape index (κ3) is 3.79. The summed E-state index contributed by atoms with van der Waals surface area (Å²) in [4.78, 5) is 0.221. The zero-order chi connectivity index (χ0) is 23.6. The number of nitrogens with zero attached hydrogens (tertiary/aromatic N) is 2. The molecule has 0 spiro atoms. The second kappa shape index (κ2) is 9.06.